The van der Waals surface area contributed by atoms with Crippen LogP contribution in [0, 0.1) is 11.3 Å². The molecular formula is C10H17N3. The van der Waals surface area contributed by atoms with Crippen LogP contribution in [0.2, 0.25) is 0 Å². The minimum absolute atomic E-state index is 0.704. The molecule has 0 N–H and O–H groups in total. The number of unbranched alkanes of at least 4 members (excludes halogenated alkanes) is 3. The monoisotopic (exact) mass is 179 g/mol. The van der Waals surface area contributed by atoms with Gasteiger partial charge in [0, 0.05) is 32.4 Å². The number of rotatable bonds is 5. The van der Waals surface area contributed by atoms with Gasteiger partial charge in [0.25, 0.3) is 0 Å². The van der Waals surface area contributed by atoms with Crippen LogP contribution in [-0.2, 0) is 0 Å². The van der Waals surface area contributed by atoms with Crippen LogP contribution in [0.1, 0.15) is 25.7 Å². The van der Waals surface area contributed by atoms with Crippen LogP contribution in [0.3, 0.4) is 0 Å². The summed E-state index contributed by atoms with van der Waals surface area (Å²) in [6, 6.07) is 2.17. The number of hydrogen-bond acceptors (Lipinski definition) is 3. The van der Waals surface area contributed by atoms with Crippen LogP contribution >= 0.6 is 0 Å². The third-order valence-corrected chi connectivity index (χ3v) is 2.17. The fourth-order valence-electron chi connectivity index (χ4n) is 1.43. The van der Waals surface area contributed by atoms with Gasteiger partial charge in [-0.3, -0.25) is 0 Å². The first-order chi connectivity index (χ1) is 6.33. The molecule has 13 heavy (non-hydrogen) atoms. The van der Waals surface area contributed by atoms with Crippen LogP contribution in [0.4, 0.5) is 0 Å². The summed E-state index contributed by atoms with van der Waals surface area (Å²) in [6.07, 6.45) is 8.33. The summed E-state index contributed by atoms with van der Waals surface area (Å²) in [6.45, 7) is 2.13. The van der Waals surface area contributed by atoms with Crippen molar-refractivity contribution in [3.05, 3.63) is 12.4 Å². The quantitative estimate of drug-likeness (QED) is 0.602. The van der Waals surface area contributed by atoms with E-state index in [4.69, 9.17) is 5.26 Å². The van der Waals surface area contributed by atoms with Crippen molar-refractivity contribution in [1.82, 2.24) is 9.80 Å². The largest absolute Gasteiger partial charge is 0.362 e. The van der Waals surface area contributed by atoms with E-state index in [-0.39, 0.29) is 0 Å². The lowest BCUT2D eigenvalue weighted by atomic mass is 10.2. The number of hydrogen-bond donors (Lipinski definition) is 0. The summed E-state index contributed by atoms with van der Waals surface area (Å²) in [5.74, 6) is 0. The smallest absolute Gasteiger partial charge is 0.0890 e. The summed E-state index contributed by atoms with van der Waals surface area (Å²) < 4.78 is 0. The second kappa shape index (κ2) is 5.47. The third-order valence-electron chi connectivity index (χ3n) is 2.17. The molecule has 3 nitrogen and oxygen atoms in total. The Kier molecular flexibility index (Phi) is 4.17. The molecule has 0 spiro atoms. The van der Waals surface area contributed by atoms with Gasteiger partial charge in [0.1, 0.15) is 0 Å². The predicted molar refractivity (Wildman–Crippen MR) is 52.6 cm³/mol. The van der Waals surface area contributed by atoms with E-state index in [0.29, 0.717) is 6.42 Å². The Bertz CT molecular complexity index is 205. The maximum atomic E-state index is 8.33. The van der Waals surface area contributed by atoms with Crippen molar-refractivity contribution in [2.24, 2.45) is 0 Å². The standard InChI is InChI=1S/C10H17N3/c1-12-8-9-13(10-12)7-5-3-2-4-6-11/h8-9H,2-5,7,10H2,1H3. The molecule has 0 bridgehead atoms. The van der Waals surface area contributed by atoms with Gasteiger partial charge in [0.05, 0.1) is 12.7 Å². The lowest BCUT2D eigenvalue weighted by Crippen LogP contribution is -2.23. The minimum atomic E-state index is 0.704. The van der Waals surface area contributed by atoms with Crippen molar-refractivity contribution in [1.29, 1.82) is 5.26 Å². The summed E-state index contributed by atoms with van der Waals surface area (Å²) in [5.41, 5.74) is 0. The summed E-state index contributed by atoms with van der Waals surface area (Å²) in [5, 5.41) is 8.33. The maximum Gasteiger partial charge on any atom is 0.0890 e. The molecule has 3 heteroatoms. The van der Waals surface area contributed by atoms with E-state index in [9.17, 15) is 0 Å². The molecule has 0 aromatic heterocycles. The van der Waals surface area contributed by atoms with Gasteiger partial charge in [-0.2, -0.15) is 5.26 Å². The molecule has 1 aliphatic rings. The van der Waals surface area contributed by atoms with E-state index >= 15 is 0 Å². The highest BCUT2D eigenvalue weighted by molar-refractivity contribution is 4.88. The third kappa shape index (κ3) is 3.84. The van der Waals surface area contributed by atoms with Gasteiger partial charge in [-0.15, -0.1) is 0 Å². The predicted octanol–water partition coefficient (Wildman–Crippen LogP) is 1.75. The summed E-state index contributed by atoms with van der Waals surface area (Å²) in [4.78, 5) is 4.46. The van der Waals surface area contributed by atoms with E-state index in [0.717, 1.165) is 19.6 Å². The van der Waals surface area contributed by atoms with Gasteiger partial charge in [-0.25, -0.2) is 0 Å². The van der Waals surface area contributed by atoms with E-state index < -0.39 is 0 Å². The highest BCUT2D eigenvalue weighted by Gasteiger charge is 2.06. The van der Waals surface area contributed by atoms with Crippen molar-refractivity contribution in [2.45, 2.75) is 25.7 Å². The van der Waals surface area contributed by atoms with Crippen LogP contribution < -0.4 is 0 Å². The fraction of sp³-hybridized carbons (Fsp3) is 0.700. The Hall–Kier alpha value is -1.17. The molecular weight excluding hydrogens is 162 g/mol. The fourth-order valence-corrected chi connectivity index (χ4v) is 1.43. The Morgan fingerprint density at radius 2 is 2.15 bits per heavy atom. The average molecular weight is 179 g/mol. The van der Waals surface area contributed by atoms with Crippen LogP contribution in [0.15, 0.2) is 12.4 Å². The molecule has 0 aliphatic carbocycles. The van der Waals surface area contributed by atoms with Gasteiger partial charge < -0.3 is 9.80 Å². The Morgan fingerprint density at radius 3 is 2.77 bits per heavy atom. The molecule has 0 aromatic carbocycles. The zero-order valence-electron chi connectivity index (χ0n) is 8.24. The first-order valence-corrected chi connectivity index (χ1v) is 4.82. The van der Waals surface area contributed by atoms with E-state index in [1.54, 1.807) is 0 Å². The van der Waals surface area contributed by atoms with E-state index in [1.165, 1.54) is 12.8 Å². The molecule has 1 rings (SSSR count). The molecule has 1 heterocycles. The van der Waals surface area contributed by atoms with Crippen molar-refractivity contribution < 1.29 is 0 Å². The minimum Gasteiger partial charge on any atom is -0.362 e. The average Bonchev–Trinajstić information content (AvgIpc) is 2.51. The zero-order chi connectivity index (χ0) is 9.52. The molecule has 0 radical (unpaired) electrons. The summed E-state index contributed by atoms with van der Waals surface area (Å²) in [7, 11) is 2.08. The van der Waals surface area contributed by atoms with Crippen LogP contribution in [0.5, 0.6) is 0 Å². The molecule has 0 unspecified atom stereocenters. The van der Waals surface area contributed by atoms with Gasteiger partial charge in [-0.1, -0.05) is 6.42 Å². The number of nitriles is 1. The first kappa shape index (κ1) is 9.91. The lowest BCUT2D eigenvalue weighted by Gasteiger charge is -2.17. The Balaban J connectivity index is 1.95. The maximum absolute atomic E-state index is 8.33. The second-order valence-corrected chi connectivity index (χ2v) is 3.48. The van der Waals surface area contributed by atoms with Gasteiger partial charge >= 0.3 is 0 Å². The molecule has 0 aromatic rings. The van der Waals surface area contributed by atoms with Crippen molar-refractivity contribution >= 4 is 0 Å². The van der Waals surface area contributed by atoms with Gasteiger partial charge in [0.2, 0.25) is 0 Å². The van der Waals surface area contributed by atoms with Crippen LogP contribution in [-0.4, -0.2) is 30.1 Å². The van der Waals surface area contributed by atoms with Crippen LogP contribution in [0.25, 0.3) is 0 Å². The highest BCUT2D eigenvalue weighted by Crippen LogP contribution is 2.06. The first-order valence-electron chi connectivity index (χ1n) is 4.82. The lowest BCUT2D eigenvalue weighted by molar-refractivity contribution is 0.291. The zero-order valence-corrected chi connectivity index (χ0v) is 8.24. The van der Waals surface area contributed by atoms with E-state index in [1.807, 2.05) is 0 Å². The normalized spacial score (nSPS) is 15.1. The SMILES string of the molecule is CN1C=CN(CCCCCC#N)C1. The molecule has 0 saturated carbocycles. The van der Waals surface area contributed by atoms with Crippen molar-refractivity contribution in [3.63, 3.8) is 0 Å². The van der Waals surface area contributed by atoms with Crippen molar-refractivity contribution in [3.8, 4) is 6.07 Å². The molecule has 1 aliphatic heterocycles. The Labute approximate surface area is 80.2 Å². The molecule has 72 valence electrons. The Morgan fingerprint density at radius 1 is 1.31 bits per heavy atom. The molecule has 0 fully saturated rings. The van der Waals surface area contributed by atoms with Crippen molar-refractivity contribution in [2.75, 3.05) is 20.3 Å². The highest BCUT2D eigenvalue weighted by atomic mass is 15.3. The summed E-state index contributed by atoms with van der Waals surface area (Å²) >= 11 is 0. The van der Waals surface area contributed by atoms with Gasteiger partial charge in [-0.05, 0) is 12.8 Å². The molecule has 0 atom stereocenters. The van der Waals surface area contributed by atoms with E-state index in [2.05, 4.69) is 35.3 Å². The van der Waals surface area contributed by atoms with Gasteiger partial charge in [0.15, 0.2) is 0 Å². The topological polar surface area (TPSA) is 30.3 Å². The molecule has 0 saturated heterocycles. The second-order valence-electron chi connectivity index (χ2n) is 3.48. The number of nitrogens with zero attached hydrogens (tertiary/aromatic N) is 3. The molecule has 0 amide bonds.